The van der Waals surface area contributed by atoms with Gasteiger partial charge in [-0.15, -0.1) is 0 Å². The van der Waals surface area contributed by atoms with Gasteiger partial charge >= 0.3 is 0 Å². The van der Waals surface area contributed by atoms with Gasteiger partial charge in [-0.25, -0.2) is 0 Å². The van der Waals surface area contributed by atoms with Gasteiger partial charge in [-0.1, -0.05) is 19.1 Å². The highest BCUT2D eigenvalue weighted by atomic mass is 16.5. The third-order valence-corrected chi connectivity index (χ3v) is 2.64. The maximum Gasteiger partial charge on any atom is 0.239 e. The largest absolute Gasteiger partial charge is 0.497 e. The SMILES string of the molecule is CCC(=O)NCC(=O)NCCc1cccc(OC)c1. The molecule has 2 N–H and O–H groups in total. The Morgan fingerprint density at radius 2 is 2.00 bits per heavy atom. The monoisotopic (exact) mass is 264 g/mol. The fraction of sp³-hybridized carbons (Fsp3) is 0.429. The van der Waals surface area contributed by atoms with Gasteiger partial charge in [0, 0.05) is 13.0 Å². The first kappa shape index (κ1) is 15.0. The van der Waals surface area contributed by atoms with Gasteiger partial charge in [-0.3, -0.25) is 9.59 Å². The zero-order valence-corrected chi connectivity index (χ0v) is 11.4. The quantitative estimate of drug-likeness (QED) is 0.768. The normalized spacial score (nSPS) is 9.79. The fourth-order valence-electron chi connectivity index (χ4n) is 1.54. The molecule has 19 heavy (non-hydrogen) atoms. The summed E-state index contributed by atoms with van der Waals surface area (Å²) in [4.78, 5) is 22.4. The van der Waals surface area contributed by atoms with Gasteiger partial charge in [0.15, 0.2) is 0 Å². The molecule has 0 unspecified atom stereocenters. The Balaban J connectivity index is 2.25. The summed E-state index contributed by atoms with van der Waals surface area (Å²) < 4.78 is 5.12. The van der Waals surface area contributed by atoms with Crippen LogP contribution in [0, 0.1) is 0 Å². The number of carbonyl (C=O) groups is 2. The Kier molecular flexibility index (Phi) is 6.43. The van der Waals surface area contributed by atoms with Crippen molar-refractivity contribution in [1.29, 1.82) is 0 Å². The van der Waals surface area contributed by atoms with Crippen LogP contribution in [0.25, 0.3) is 0 Å². The zero-order valence-electron chi connectivity index (χ0n) is 11.4. The maximum absolute atomic E-state index is 11.4. The van der Waals surface area contributed by atoms with Crippen molar-refractivity contribution in [3.63, 3.8) is 0 Å². The van der Waals surface area contributed by atoms with Crippen LogP contribution >= 0.6 is 0 Å². The molecule has 1 aromatic rings. The highest BCUT2D eigenvalue weighted by Gasteiger charge is 2.03. The summed E-state index contributed by atoms with van der Waals surface area (Å²) in [5.74, 6) is 0.506. The third kappa shape index (κ3) is 5.90. The predicted octanol–water partition coefficient (Wildman–Crippen LogP) is 0.880. The first-order valence-corrected chi connectivity index (χ1v) is 6.32. The van der Waals surface area contributed by atoms with Gasteiger partial charge in [0.25, 0.3) is 0 Å². The van der Waals surface area contributed by atoms with Crippen LogP contribution < -0.4 is 15.4 Å². The molecule has 0 aliphatic carbocycles. The molecule has 0 aliphatic rings. The highest BCUT2D eigenvalue weighted by molar-refractivity contribution is 5.84. The molecule has 0 radical (unpaired) electrons. The minimum absolute atomic E-state index is 0.0325. The Morgan fingerprint density at radius 3 is 2.68 bits per heavy atom. The van der Waals surface area contributed by atoms with Crippen LogP contribution in [0.15, 0.2) is 24.3 Å². The number of carbonyl (C=O) groups excluding carboxylic acids is 2. The Morgan fingerprint density at radius 1 is 1.21 bits per heavy atom. The number of amides is 2. The van der Waals surface area contributed by atoms with Gasteiger partial charge in [-0.05, 0) is 24.1 Å². The van der Waals surface area contributed by atoms with E-state index < -0.39 is 0 Å². The molecule has 0 aliphatic heterocycles. The molecule has 0 fully saturated rings. The van der Waals surface area contributed by atoms with Crippen molar-refractivity contribution in [2.75, 3.05) is 20.2 Å². The third-order valence-electron chi connectivity index (χ3n) is 2.64. The molecule has 0 saturated heterocycles. The van der Waals surface area contributed by atoms with Crippen molar-refractivity contribution in [3.05, 3.63) is 29.8 Å². The summed E-state index contributed by atoms with van der Waals surface area (Å²) in [6.07, 6.45) is 1.11. The van der Waals surface area contributed by atoms with Gasteiger partial charge in [0.1, 0.15) is 5.75 Å². The smallest absolute Gasteiger partial charge is 0.239 e. The summed E-state index contributed by atoms with van der Waals surface area (Å²) in [7, 11) is 1.62. The average molecular weight is 264 g/mol. The van der Waals surface area contributed by atoms with Crippen molar-refractivity contribution < 1.29 is 14.3 Å². The molecule has 0 saturated carbocycles. The molecular weight excluding hydrogens is 244 g/mol. The number of hydrogen-bond acceptors (Lipinski definition) is 3. The Hall–Kier alpha value is -2.04. The Labute approximate surface area is 113 Å². The molecule has 0 heterocycles. The van der Waals surface area contributed by atoms with Crippen LogP contribution in [-0.2, 0) is 16.0 Å². The molecule has 104 valence electrons. The molecule has 2 amide bonds. The highest BCUT2D eigenvalue weighted by Crippen LogP contribution is 2.12. The van der Waals surface area contributed by atoms with Crippen LogP contribution in [0.3, 0.4) is 0 Å². The lowest BCUT2D eigenvalue weighted by molar-refractivity contribution is -0.125. The molecule has 1 rings (SSSR count). The molecule has 0 spiro atoms. The molecular formula is C14H20N2O3. The lowest BCUT2D eigenvalue weighted by Crippen LogP contribution is -2.37. The van der Waals surface area contributed by atoms with E-state index in [2.05, 4.69) is 10.6 Å². The van der Waals surface area contributed by atoms with E-state index >= 15 is 0 Å². The van der Waals surface area contributed by atoms with Crippen molar-refractivity contribution in [2.45, 2.75) is 19.8 Å². The minimum Gasteiger partial charge on any atom is -0.497 e. The van der Waals surface area contributed by atoms with Gasteiger partial charge in [0.2, 0.25) is 11.8 Å². The van der Waals surface area contributed by atoms with E-state index in [0.717, 1.165) is 17.7 Å². The second-order valence-corrected chi connectivity index (χ2v) is 4.08. The van der Waals surface area contributed by atoms with Crippen LogP contribution in [0.4, 0.5) is 0 Å². The topological polar surface area (TPSA) is 67.4 Å². The van der Waals surface area contributed by atoms with Crippen molar-refractivity contribution in [3.8, 4) is 5.75 Å². The van der Waals surface area contributed by atoms with Crippen molar-refractivity contribution in [2.24, 2.45) is 0 Å². The number of methoxy groups -OCH3 is 1. The molecule has 0 bridgehead atoms. The van der Waals surface area contributed by atoms with Crippen LogP contribution in [-0.4, -0.2) is 32.0 Å². The molecule has 5 heteroatoms. The maximum atomic E-state index is 11.4. The first-order valence-electron chi connectivity index (χ1n) is 6.32. The number of hydrogen-bond donors (Lipinski definition) is 2. The summed E-state index contributed by atoms with van der Waals surface area (Å²) in [5.41, 5.74) is 1.09. The van der Waals surface area contributed by atoms with E-state index in [1.165, 1.54) is 0 Å². The zero-order chi connectivity index (χ0) is 14.1. The summed E-state index contributed by atoms with van der Waals surface area (Å²) in [6, 6.07) is 7.71. The van der Waals surface area contributed by atoms with E-state index in [9.17, 15) is 9.59 Å². The van der Waals surface area contributed by atoms with Gasteiger partial charge < -0.3 is 15.4 Å². The molecule has 0 atom stereocenters. The first-order chi connectivity index (χ1) is 9.15. The second kappa shape index (κ2) is 8.13. The standard InChI is InChI=1S/C14H20N2O3/c1-3-13(17)16-10-14(18)15-8-7-11-5-4-6-12(9-11)19-2/h4-6,9H,3,7-8,10H2,1-2H3,(H,15,18)(H,16,17). The van der Waals surface area contributed by atoms with E-state index in [-0.39, 0.29) is 18.4 Å². The molecule has 5 nitrogen and oxygen atoms in total. The summed E-state index contributed by atoms with van der Waals surface area (Å²) >= 11 is 0. The predicted molar refractivity (Wildman–Crippen MR) is 73.0 cm³/mol. The number of rotatable bonds is 7. The van der Waals surface area contributed by atoms with E-state index in [4.69, 9.17) is 4.74 Å². The van der Waals surface area contributed by atoms with Crippen molar-refractivity contribution >= 4 is 11.8 Å². The van der Waals surface area contributed by atoms with Crippen LogP contribution in [0.2, 0.25) is 0 Å². The fourth-order valence-corrected chi connectivity index (χ4v) is 1.54. The van der Waals surface area contributed by atoms with E-state index in [1.54, 1.807) is 14.0 Å². The molecule has 0 aromatic heterocycles. The summed E-state index contributed by atoms with van der Waals surface area (Å²) in [5, 5.41) is 5.28. The van der Waals surface area contributed by atoms with Crippen LogP contribution in [0.5, 0.6) is 5.75 Å². The summed E-state index contributed by atoms with van der Waals surface area (Å²) in [6.45, 7) is 2.31. The Bertz CT molecular complexity index is 432. The number of nitrogens with one attached hydrogen (secondary N) is 2. The van der Waals surface area contributed by atoms with E-state index in [0.29, 0.717) is 13.0 Å². The van der Waals surface area contributed by atoms with Gasteiger partial charge in [0.05, 0.1) is 13.7 Å². The molecule has 1 aromatic carbocycles. The second-order valence-electron chi connectivity index (χ2n) is 4.08. The average Bonchev–Trinajstić information content (AvgIpc) is 2.45. The van der Waals surface area contributed by atoms with Gasteiger partial charge in [-0.2, -0.15) is 0 Å². The van der Waals surface area contributed by atoms with E-state index in [1.807, 2.05) is 24.3 Å². The number of benzene rings is 1. The minimum atomic E-state index is -0.176. The van der Waals surface area contributed by atoms with Crippen LogP contribution in [0.1, 0.15) is 18.9 Å². The lowest BCUT2D eigenvalue weighted by atomic mass is 10.1. The lowest BCUT2D eigenvalue weighted by Gasteiger charge is -2.07. The van der Waals surface area contributed by atoms with Crippen molar-refractivity contribution in [1.82, 2.24) is 10.6 Å². The number of ether oxygens (including phenoxy) is 1.